The summed E-state index contributed by atoms with van der Waals surface area (Å²) in [4.78, 5) is 37.7. The summed E-state index contributed by atoms with van der Waals surface area (Å²) in [6, 6.07) is 10.7. The minimum atomic E-state index is -0.454. The van der Waals surface area contributed by atoms with Gasteiger partial charge in [-0.3, -0.25) is 19.3 Å². The molecule has 1 aliphatic rings. The zero-order valence-electron chi connectivity index (χ0n) is 15.1. The Bertz CT molecular complexity index is 1150. The summed E-state index contributed by atoms with van der Waals surface area (Å²) in [5.41, 5.74) is 1.89. The number of aromatic nitrogens is 2. The fourth-order valence-electron chi connectivity index (χ4n) is 3.14. The van der Waals surface area contributed by atoms with Gasteiger partial charge in [0.25, 0.3) is 17.7 Å². The SMILES string of the molecule is Cc1c(C(=O)Nc2ccc3c(c2)C(=O)N(C)C3=O)cnn1-c1ccccc1F. The molecule has 0 spiro atoms. The van der Waals surface area contributed by atoms with E-state index in [4.69, 9.17) is 0 Å². The number of hydrogen-bond donors (Lipinski definition) is 1. The van der Waals surface area contributed by atoms with Crippen LogP contribution < -0.4 is 5.32 Å². The number of rotatable bonds is 3. The van der Waals surface area contributed by atoms with Crippen molar-refractivity contribution in [1.82, 2.24) is 14.7 Å². The third-order valence-electron chi connectivity index (χ3n) is 4.68. The number of halogens is 1. The first kappa shape index (κ1) is 17.6. The number of imide groups is 1. The van der Waals surface area contributed by atoms with Gasteiger partial charge < -0.3 is 5.32 Å². The van der Waals surface area contributed by atoms with Crippen molar-refractivity contribution in [3.8, 4) is 5.69 Å². The van der Waals surface area contributed by atoms with E-state index in [1.807, 2.05) is 0 Å². The summed E-state index contributed by atoms with van der Waals surface area (Å²) >= 11 is 0. The number of fused-ring (bicyclic) bond motifs is 1. The molecule has 0 saturated carbocycles. The van der Waals surface area contributed by atoms with E-state index in [9.17, 15) is 18.8 Å². The second-order valence-corrected chi connectivity index (χ2v) is 6.39. The quantitative estimate of drug-likeness (QED) is 0.711. The van der Waals surface area contributed by atoms with E-state index in [0.717, 1.165) is 4.90 Å². The number of para-hydroxylation sites is 1. The number of carbonyl (C=O) groups excluding carboxylic acids is 3. The maximum Gasteiger partial charge on any atom is 0.261 e. The predicted molar refractivity (Wildman–Crippen MR) is 99.1 cm³/mol. The molecule has 0 unspecified atom stereocenters. The zero-order valence-corrected chi connectivity index (χ0v) is 15.1. The van der Waals surface area contributed by atoms with E-state index in [1.165, 1.54) is 36.1 Å². The Morgan fingerprint density at radius 3 is 2.54 bits per heavy atom. The summed E-state index contributed by atoms with van der Waals surface area (Å²) in [6.07, 6.45) is 1.35. The lowest BCUT2D eigenvalue weighted by Gasteiger charge is -2.08. The summed E-state index contributed by atoms with van der Waals surface area (Å²) in [5.74, 6) is -1.70. The van der Waals surface area contributed by atoms with Gasteiger partial charge in [-0.2, -0.15) is 5.10 Å². The Labute approximate surface area is 159 Å². The van der Waals surface area contributed by atoms with Crippen molar-refractivity contribution < 1.29 is 18.8 Å². The number of hydrogen-bond acceptors (Lipinski definition) is 4. The second kappa shape index (κ2) is 6.41. The Kier molecular flexibility index (Phi) is 4.03. The molecule has 2 heterocycles. The molecule has 3 amide bonds. The first-order chi connectivity index (χ1) is 13.4. The first-order valence-electron chi connectivity index (χ1n) is 8.46. The van der Waals surface area contributed by atoms with Crippen LogP contribution in [0.3, 0.4) is 0 Å². The van der Waals surface area contributed by atoms with Crippen LogP contribution in [-0.2, 0) is 0 Å². The highest BCUT2D eigenvalue weighted by Crippen LogP contribution is 2.25. The molecule has 140 valence electrons. The highest BCUT2D eigenvalue weighted by Gasteiger charge is 2.32. The van der Waals surface area contributed by atoms with Crippen LogP contribution in [0.2, 0.25) is 0 Å². The normalized spacial score (nSPS) is 13.0. The minimum absolute atomic E-state index is 0.240. The van der Waals surface area contributed by atoms with E-state index in [2.05, 4.69) is 10.4 Å². The molecule has 2 aromatic carbocycles. The van der Waals surface area contributed by atoms with Gasteiger partial charge in [0, 0.05) is 12.7 Å². The molecule has 1 N–H and O–H groups in total. The van der Waals surface area contributed by atoms with E-state index in [1.54, 1.807) is 31.2 Å². The monoisotopic (exact) mass is 378 g/mol. The lowest BCUT2D eigenvalue weighted by atomic mass is 10.1. The molecule has 1 aromatic heterocycles. The van der Waals surface area contributed by atoms with Crippen LogP contribution in [0.15, 0.2) is 48.7 Å². The average molecular weight is 378 g/mol. The minimum Gasteiger partial charge on any atom is -0.322 e. The lowest BCUT2D eigenvalue weighted by molar-refractivity contribution is 0.0692. The Balaban J connectivity index is 1.62. The van der Waals surface area contributed by atoms with Gasteiger partial charge in [-0.1, -0.05) is 12.1 Å². The predicted octanol–water partition coefficient (Wildman–Crippen LogP) is 2.80. The molecular formula is C20H15FN4O3. The summed E-state index contributed by atoms with van der Waals surface area (Å²) < 4.78 is 15.4. The van der Waals surface area contributed by atoms with E-state index < -0.39 is 17.6 Å². The second-order valence-electron chi connectivity index (χ2n) is 6.39. The Morgan fingerprint density at radius 1 is 1.07 bits per heavy atom. The molecule has 0 atom stereocenters. The van der Waals surface area contributed by atoms with Crippen molar-refractivity contribution in [2.45, 2.75) is 6.92 Å². The summed E-state index contributed by atoms with van der Waals surface area (Å²) in [6.45, 7) is 1.66. The summed E-state index contributed by atoms with van der Waals surface area (Å²) in [7, 11) is 1.41. The standard InChI is InChI=1S/C20H15FN4O3/c1-11-15(10-22-25(11)17-6-4-3-5-16(17)21)18(26)23-12-7-8-13-14(9-12)20(28)24(2)19(13)27/h3-10H,1-2H3,(H,23,26). The fourth-order valence-corrected chi connectivity index (χ4v) is 3.14. The van der Waals surface area contributed by atoms with Crippen molar-refractivity contribution in [2.75, 3.05) is 12.4 Å². The molecule has 0 fully saturated rings. The third-order valence-corrected chi connectivity index (χ3v) is 4.68. The average Bonchev–Trinajstić information content (AvgIpc) is 3.16. The Morgan fingerprint density at radius 2 is 1.79 bits per heavy atom. The van der Waals surface area contributed by atoms with Crippen molar-refractivity contribution in [2.24, 2.45) is 0 Å². The fraction of sp³-hybridized carbons (Fsp3) is 0.100. The van der Waals surface area contributed by atoms with Crippen molar-refractivity contribution in [1.29, 1.82) is 0 Å². The molecule has 0 radical (unpaired) electrons. The molecule has 3 aromatic rings. The molecule has 7 nitrogen and oxygen atoms in total. The van der Waals surface area contributed by atoms with E-state index in [-0.39, 0.29) is 22.7 Å². The van der Waals surface area contributed by atoms with Crippen LogP contribution in [0, 0.1) is 12.7 Å². The van der Waals surface area contributed by atoms with Crippen molar-refractivity contribution in [3.63, 3.8) is 0 Å². The molecule has 4 rings (SSSR count). The maximum absolute atomic E-state index is 14.0. The maximum atomic E-state index is 14.0. The highest BCUT2D eigenvalue weighted by molar-refractivity contribution is 6.21. The molecule has 28 heavy (non-hydrogen) atoms. The molecule has 0 aliphatic carbocycles. The molecule has 8 heteroatoms. The number of carbonyl (C=O) groups is 3. The molecule has 1 aliphatic heterocycles. The van der Waals surface area contributed by atoms with Crippen molar-refractivity contribution >= 4 is 23.4 Å². The van der Waals surface area contributed by atoms with Gasteiger partial charge in [0.2, 0.25) is 0 Å². The van der Waals surface area contributed by atoms with Gasteiger partial charge in [0.1, 0.15) is 11.5 Å². The number of benzene rings is 2. The van der Waals surface area contributed by atoms with Gasteiger partial charge in [-0.15, -0.1) is 0 Å². The first-order valence-corrected chi connectivity index (χ1v) is 8.46. The molecular weight excluding hydrogens is 363 g/mol. The molecule has 0 bridgehead atoms. The van der Waals surface area contributed by atoms with Gasteiger partial charge >= 0.3 is 0 Å². The van der Waals surface area contributed by atoms with Crippen LogP contribution in [0.5, 0.6) is 0 Å². The van der Waals surface area contributed by atoms with Crippen LogP contribution in [0.25, 0.3) is 5.69 Å². The highest BCUT2D eigenvalue weighted by atomic mass is 19.1. The van der Waals surface area contributed by atoms with Crippen LogP contribution >= 0.6 is 0 Å². The number of amides is 3. The third kappa shape index (κ3) is 2.66. The lowest BCUT2D eigenvalue weighted by Crippen LogP contribution is -2.24. The van der Waals surface area contributed by atoms with Gasteiger partial charge in [-0.05, 0) is 37.3 Å². The smallest absolute Gasteiger partial charge is 0.261 e. The number of anilines is 1. The van der Waals surface area contributed by atoms with Crippen LogP contribution in [0.1, 0.15) is 36.8 Å². The zero-order chi connectivity index (χ0) is 20.0. The topological polar surface area (TPSA) is 84.3 Å². The van der Waals surface area contributed by atoms with E-state index in [0.29, 0.717) is 16.9 Å². The number of nitrogens with one attached hydrogen (secondary N) is 1. The van der Waals surface area contributed by atoms with E-state index >= 15 is 0 Å². The summed E-state index contributed by atoms with van der Waals surface area (Å²) in [5, 5.41) is 6.80. The van der Waals surface area contributed by atoms with Gasteiger partial charge in [-0.25, -0.2) is 9.07 Å². The van der Waals surface area contributed by atoms with Crippen LogP contribution in [-0.4, -0.2) is 39.4 Å². The van der Waals surface area contributed by atoms with Gasteiger partial charge in [0.15, 0.2) is 0 Å². The van der Waals surface area contributed by atoms with Crippen LogP contribution in [0.4, 0.5) is 10.1 Å². The molecule has 0 saturated heterocycles. The van der Waals surface area contributed by atoms with Gasteiger partial charge in [0.05, 0.1) is 28.6 Å². The number of nitrogens with zero attached hydrogens (tertiary/aromatic N) is 3. The van der Waals surface area contributed by atoms with Crippen molar-refractivity contribution in [3.05, 3.63) is 76.9 Å². The largest absolute Gasteiger partial charge is 0.322 e. The Hall–Kier alpha value is -3.81.